The summed E-state index contributed by atoms with van der Waals surface area (Å²) in [5, 5.41) is 14.3. The van der Waals surface area contributed by atoms with E-state index < -0.39 is 0 Å². The third-order valence-electron chi connectivity index (χ3n) is 8.26. The first-order valence-corrected chi connectivity index (χ1v) is 15.6. The summed E-state index contributed by atoms with van der Waals surface area (Å²) in [6.45, 7) is 6.22. The number of benzene rings is 4. The van der Waals surface area contributed by atoms with Gasteiger partial charge in [-0.15, -0.1) is 0 Å². The van der Waals surface area contributed by atoms with Crippen molar-refractivity contribution >= 4 is 11.9 Å². The lowest BCUT2D eigenvalue weighted by atomic mass is 9.81. The van der Waals surface area contributed by atoms with E-state index in [1.54, 1.807) is 0 Å². The molecule has 2 fully saturated rings. The molecular formula is C38H42N4O2. The van der Waals surface area contributed by atoms with Crippen molar-refractivity contribution in [3.8, 4) is 0 Å². The molecule has 0 amide bonds. The van der Waals surface area contributed by atoms with Gasteiger partial charge < -0.3 is 9.47 Å². The first-order valence-electron chi connectivity index (χ1n) is 15.6. The fraction of sp³-hybridized carbons (Fsp3) is 0.316. The maximum atomic E-state index is 6.44. The molecule has 0 bridgehead atoms. The highest BCUT2D eigenvalue weighted by Crippen LogP contribution is 2.37. The highest BCUT2D eigenvalue weighted by Gasteiger charge is 2.37. The largest absolute Gasteiger partial charge is 0.376 e. The van der Waals surface area contributed by atoms with Crippen molar-refractivity contribution < 1.29 is 9.47 Å². The van der Waals surface area contributed by atoms with Gasteiger partial charge in [-0.2, -0.15) is 10.2 Å². The summed E-state index contributed by atoms with van der Waals surface area (Å²) in [5.74, 6) is 0. The van der Waals surface area contributed by atoms with Crippen LogP contribution in [0.5, 0.6) is 0 Å². The van der Waals surface area contributed by atoms with Crippen LogP contribution >= 0.6 is 0 Å². The van der Waals surface area contributed by atoms with E-state index >= 15 is 0 Å². The third-order valence-corrected chi connectivity index (χ3v) is 8.26. The topological polar surface area (TPSA) is 49.2 Å². The summed E-state index contributed by atoms with van der Waals surface area (Å²) >= 11 is 0. The van der Waals surface area contributed by atoms with Crippen molar-refractivity contribution in [2.45, 2.75) is 45.1 Å². The van der Waals surface area contributed by atoms with E-state index in [0.717, 1.165) is 42.8 Å². The summed E-state index contributed by atoms with van der Waals surface area (Å²) < 4.78 is 12.9. The number of hydrogen-bond donors (Lipinski definition) is 0. The highest BCUT2D eigenvalue weighted by molar-refractivity contribution is 5.83. The Balaban J connectivity index is 1.18. The fourth-order valence-corrected chi connectivity index (χ4v) is 5.79. The van der Waals surface area contributed by atoms with E-state index in [1.165, 1.54) is 11.1 Å². The Morgan fingerprint density at radius 1 is 0.682 bits per heavy atom. The van der Waals surface area contributed by atoms with Crippen LogP contribution in [0.2, 0.25) is 0 Å². The number of hydrazone groups is 2. The minimum absolute atomic E-state index is 0.322. The van der Waals surface area contributed by atoms with Crippen molar-refractivity contribution in [1.29, 1.82) is 0 Å². The predicted octanol–water partition coefficient (Wildman–Crippen LogP) is 7.66. The van der Waals surface area contributed by atoms with E-state index in [2.05, 4.69) is 132 Å². The first kappa shape index (κ1) is 29.8. The van der Waals surface area contributed by atoms with Crippen molar-refractivity contribution in [2.75, 3.05) is 26.3 Å². The molecule has 6 nitrogen and oxygen atoms in total. The second-order valence-corrected chi connectivity index (χ2v) is 12.1. The lowest BCUT2D eigenvalue weighted by molar-refractivity contribution is -0.0258. The molecule has 226 valence electrons. The normalized spacial score (nSPS) is 18.2. The van der Waals surface area contributed by atoms with Crippen molar-refractivity contribution in [2.24, 2.45) is 15.6 Å². The molecule has 0 N–H and O–H groups in total. The number of nitrogens with zero attached hydrogens (tertiary/aromatic N) is 4. The van der Waals surface area contributed by atoms with Gasteiger partial charge >= 0.3 is 0 Å². The minimum Gasteiger partial charge on any atom is -0.376 e. The Morgan fingerprint density at radius 2 is 1.14 bits per heavy atom. The quantitative estimate of drug-likeness (QED) is 0.0999. The van der Waals surface area contributed by atoms with Crippen LogP contribution in [0, 0.1) is 5.41 Å². The second-order valence-electron chi connectivity index (χ2n) is 12.1. The molecule has 44 heavy (non-hydrogen) atoms. The van der Waals surface area contributed by atoms with Gasteiger partial charge in [-0.25, -0.2) is 0 Å². The van der Waals surface area contributed by atoms with Gasteiger partial charge in [0.05, 0.1) is 51.6 Å². The van der Waals surface area contributed by atoms with Crippen LogP contribution < -0.4 is 0 Å². The Hall–Kier alpha value is -4.26. The van der Waals surface area contributed by atoms with Crippen LogP contribution in [0.4, 0.5) is 0 Å². The van der Waals surface area contributed by atoms with Crippen LogP contribution in [0.3, 0.4) is 0 Å². The zero-order valence-electron chi connectivity index (χ0n) is 25.5. The van der Waals surface area contributed by atoms with Crippen molar-refractivity contribution in [3.05, 3.63) is 144 Å². The van der Waals surface area contributed by atoms with Crippen molar-refractivity contribution in [1.82, 2.24) is 10.0 Å². The van der Waals surface area contributed by atoms with Gasteiger partial charge in [0.1, 0.15) is 0 Å². The molecule has 4 aromatic carbocycles. The average molecular weight is 587 g/mol. The molecule has 2 atom stereocenters. The highest BCUT2D eigenvalue weighted by atomic mass is 16.5. The number of ether oxygens (including phenoxy) is 2. The van der Waals surface area contributed by atoms with Gasteiger partial charge in [0, 0.05) is 17.3 Å². The molecule has 0 radical (unpaired) electrons. The van der Waals surface area contributed by atoms with Crippen LogP contribution in [0.1, 0.15) is 54.1 Å². The van der Waals surface area contributed by atoms with Gasteiger partial charge in [-0.3, -0.25) is 10.0 Å². The summed E-state index contributed by atoms with van der Waals surface area (Å²) in [6, 6.07) is 42.6. The van der Waals surface area contributed by atoms with Gasteiger partial charge in [0.25, 0.3) is 0 Å². The molecule has 2 unspecified atom stereocenters. The number of rotatable bonds is 16. The maximum Gasteiger partial charge on any atom is 0.0912 e. The zero-order valence-corrected chi connectivity index (χ0v) is 25.5. The first-order chi connectivity index (χ1) is 21.7. The van der Waals surface area contributed by atoms with Crippen LogP contribution in [-0.4, -0.2) is 48.2 Å². The molecule has 2 heterocycles. The Kier molecular flexibility index (Phi) is 9.80. The molecule has 0 aromatic heterocycles. The standard InChI is InChI=1S/C38H42N4O2/c1-31(40-42-26-37(42)35-20-12-5-13-21-35)24-38(29-43-27-32-14-6-2-7-15-32,30-44-28-33-16-8-3-9-17-33)22-23-39-41-25-36(41)34-18-10-4-11-19-34/h2-21,23,36-37H,22,24-30H2,1H3/b39-23-,40-31+. The van der Waals surface area contributed by atoms with E-state index in [-0.39, 0.29) is 5.41 Å². The van der Waals surface area contributed by atoms with Gasteiger partial charge in [0.2, 0.25) is 0 Å². The van der Waals surface area contributed by atoms with Gasteiger partial charge in [0.15, 0.2) is 0 Å². The maximum absolute atomic E-state index is 6.44. The summed E-state index contributed by atoms with van der Waals surface area (Å²) in [7, 11) is 0. The Labute approximate surface area is 261 Å². The lowest BCUT2D eigenvalue weighted by Gasteiger charge is -2.32. The predicted molar refractivity (Wildman–Crippen MR) is 177 cm³/mol. The molecule has 6 heteroatoms. The van der Waals surface area contributed by atoms with E-state index in [4.69, 9.17) is 19.7 Å². The molecular weight excluding hydrogens is 544 g/mol. The SMILES string of the molecule is C/C(CC(C/C=N\N1CC1c1ccccc1)(COCc1ccccc1)COCc1ccccc1)=N\N1CC1c1ccccc1. The van der Waals surface area contributed by atoms with Crippen LogP contribution in [0.15, 0.2) is 132 Å². The Morgan fingerprint density at radius 3 is 1.66 bits per heavy atom. The average Bonchev–Trinajstić information content (AvgIpc) is 4.00. The smallest absolute Gasteiger partial charge is 0.0912 e. The molecule has 2 aliphatic heterocycles. The summed E-state index contributed by atoms with van der Waals surface area (Å²) in [4.78, 5) is 0. The minimum atomic E-state index is -0.322. The molecule has 2 aliphatic rings. The molecule has 6 rings (SSSR count). The molecule has 0 saturated carbocycles. The van der Waals surface area contributed by atoms with Crippen LogP contribution in [0.25, 0.3) is 0 Å². The molecule has 2 saturated heterocycles. The molecule has 0 aliphatic carbocycles. The monoisotopic (exact) mass is 586 g/mol. The molecule has 0 spiro atoms. The van der Waals surface area contributed by atoms with E-state index in [0.29, 0.717) is 38.5 Å². The van der Waals surface area contributed by atoms with Gasteiger partial charge in [-0.1, -0.05) is 121 Å². The second kappa shape index (κ2) is 14.5. The molecule has 4 aromatic rings. The third kappa shape index (κ3) is 8.43. The fourth-order valence-electron chi connectivity index (χ4n) is 5.79. The Bertz CT molecular complexity index is 1450. The van der Waals surface area contributed by atoms with Gasteiger partial charge in [-0.05, 0) is 42.0 Å². The number of hydrogen-bond acceptors (Lipinski definition) is 6. The zero-order chi connectivity index (χ0) is 30.0. The van der Waals surface area contributed by atoms with E-state index in [9.17, 15) is 0 Å². The van der Waals surface area contributed by atoms with Crippen molar-refractivity contribution in [3.63, 3.8) is 0 Å². The lowest BCUT2D eigenvalue weighted by Crippen LogP contribution is -2.35. The summed E-state index contributed by atoms with van der Waals surface area (Å²) in [5.41, 5.74) is 5.70. The summed E-state index contributed by atoms with van der Waals surface area (Å²) in [6.07, 6.45) is 3.55. The van der Waals surface area contributed by atoms with Crippen LogP contribution in [-0.2, 0) is 22.7 Å². The van der Waals surface area contributed by atoms with E-state index in [1.807, 2.05) is 12.1 Å².